The third-order valence-electron chi connectivity index (χ3n) is 7.27. The average molecular weight is 593 g/mol. The van der Waals surface area contributed by atoms with Gasteiger partial charge in [0.1, 0.15) is 17.2 Å². The predicted octanol–water partition coefficient (Wildman–Crippen LogP) is 7.48. The summed E-state index contributed by atoms with van der Waals surface area (Å²) in [7, 11) is 0. The summed E-state index contributed by atoms with van der Waals surface area (Å²) in [5.74, 6) is 4.06. The monoisotopic (exact) mass is 592 g/mol. The van der Waals surface area contributed by atoms with Crippen LogP contribution in [0.25, 0.3) is 5.57 Å². The van der Waals surface area contributed by atoms with Gasteiger partial charge in [0.2, 0.25) is 5.95 Å². The fourth-order valence-electron chi connectivity index (χ4n) is 5.26. The van der Waals surface area contributed by atoms with Crippen molar-refractivity contribution in [2.24, 2.45) is 5.84 Å². The fraction of sp³-hybridized carbons (Fsp3) is 0.171. The van der Waals surface area contributed by atoms with Gasteiger partial charge in [-0.1, -0.05) is 44.2 Å². The number of nitrogens with two attached hydrogens (primary N) is 1. The zero-order valence-electron chi connectivity index (χ0n) is 24.6. The number of benzene rings is 3. The van der Waals surface area contributed by atoms with Crippen LogP contribution in [-0.4, -0.2) is 20.9 Å². The molecule has 44 heavy (non-hydrogen) atoms. The zero-order chi connectivity index (χ0) is 31.1. The number of hydrogen-bond acceptors (Lipinski definition) is 6. The lowest BCUT2D eigenvalue weighted by molar-refractivity contribution is 0.101. The lowest BCUT2D eigenvalue weighted by Crippen LogP contribution is -2.26. The van der Waals surface area contributed by atoms with Crippen LogP contribution < -0.4 is 16.5 Å². The number of carbonyl (C=O) groups is 1. The van der Waals surface area contributed by atoms with Gasteiger partial charge >= 0.3 is 0 Å². The molecule has 0 fully saturated rings. The van der Waals surface area contributed by atoms with E-state index >= 15 is 0 Å². The number of halogens is 2. The molecule has 0 saturated heterocycles. The van der Waals surface area contributed by atoms with Crippen molar-refractivity contribution in [1.29, 1.82) is 0 Å². The first kappa shape index (κ1) is 30.3. The molecule has 0 unspecified atom stereocenters. The number of allylic oxidation sites excluding steroid dienone is 4. The molecule has 4 N–H and O–H groups in total. The van der Waals surface area contributed by atoms with Crippen LogP contribution in [0.4, 0.5) is 26.1 Å². The van der Waals surface area contributed by atoms with Gasteiger partial charge in [0, 0.05) is 35.8 Å². The minimum atomic E-state index is -0.927. The highest BCUT2D eigenvalue weighted by Gasteiger charge is 2.19. The summed E-state index contributed by atoms with van der Waals surface area (Å²) in [6, 6.07) is 18.6. The minimum absolute atomic E-state index is 0.397. The molecule has 224 valence electrons. The van der Waals surface area contributed by atoms with Crippen molar-refractivity contribution in [2.45, 2.75) is 39.5 Å². The van der Waals surface area contributed by atoms with Gasteiger partial charge in [-0.2, -0.15) is 0 Å². The Balaban J connectivity index is 0.00000188. The first-order valence-electron chi connectivity index (χ1n) is 14.6. The number of nitrogens with zero attached hydrogens (tertiary/aromatic N) is 3. The average Bonchev–Trinajstić information content (AvgIpc) is 3.50. The molecule has 0 atom stereocenters. The Morgan fingerprint density at radius 3 is 2.50 bits per heavy atom. The summed E-state index contributed by atoms with van der Waals surface area (Å²) in [5.41, 5.74) is 6.49. The summed E-state index contributed by atoms with van der Waals surface area (Å²) >= 11 is 0. The Bertz CT molecular complexity index is 1740. The maximum atomic E-state index is 14.2. The van der Waals surface area contributed by atoms with Crippen LogP contribution in [0.3, 0.4) is 0 Å². The summed E-state index contributed by atoms with van der Waals surface area (Å²) in [6.45, 7) is 4.00. The molecule has 1 aliphatic carbocycles. The van der Waals surface area contributed by atoms with Gasteiger partial charge in [-0.05, 0) is 90.6 Å². The van der Waals surface area contributed by atoms with Crippen LogP contribution in [0.5, 0.6) is 0 Å². The molecule has 1 amide bonds. The molecule has 9 heteroatoms. The number of aryl methyl sites for hydroxylation is 2. The Labute approximate surface area is 255 Å². The van der Waals surface area contributed by atoms with Crippen molar-refractivity contribution in [3.05, 3.63) is 143 Å². The number of hydrogen-bond donors (Lipinski definition) is 3. The molecule has 4 aromatic rings. The Kier molecular flexibility index (Phi) is 9.56. The van der Waals surface area contributed by atoms with Gasteiger partial charge in [-0.15, -0.1) is 0 Å². The minimum Gasteiger partial charge on any atom is -0.324 e. The topological polar surface area (TPSA) is 96.2 Å². The summed E-state index contributed by atoms with van der Waals surface area (Å²) in [4.78, 5) is 22.0. The van der Waals surface area contributed by atoms with Crippen molar-refractivity contribution >= 4 is 28.8 Å². The summed E-state index contributed by atoms with van der Waals surface area (Å²) < 4.78 is 28.3. The molecular formula is C35H34F2N6O. The Morgan fingerprint density at radius 2 is 1.70 bits per heavy atom. The van der Waals surface area contributed by atoms with E-state index in [4.69, 9.17) is 10.8 Å². The van der Waals surface area contributed by atoms with Crippen molar-refractivity contribution in [1.82, 2.24) is 15.0 Å². The molecule has 1 aliphatic heterocycles. The van der Waals surface area contributed by atoms with Crippen LogP contribution in [0.15, 0.2) is 103 Å². The van der Waals surface area contributed by atoms with Crippen molar-refractivity contribution in [3.63, 3.8) is 0 Å². The SMILES string of the molecule is CC.NN1C=CC=C/C1=C(/Cc1cccc(NC(=O)c2c(F)cccc2F)c1)c1ccnc(Nc2ccc3c(c2)CCC3)n1. The maximum Gasteiger partial charge on any atom is 0.261 e. The van der Waals surface area contributed by atoms with Crippen molar-refractivity contribution < 1.29 is 13.6 Å². The number of amides is 1. The van der Waals surface area contributed by atoms with E-state index in [9.17, 15) is 13.6 Å². The molecule has 0 radical (unpaired) electrons. The summed E-state index contributed by atoms with van der Waals surface area (Å²) in [5, 5.41) is 7.46. The van der Waals surface area contributed by atoms with E-state index < -0.39 is 23.1 Å². The largest absolute Gasteiger partial charge is 0.324 e. The third-order valence-corrected chi connectivity index (χ3v) is 7.27. The number of rotatable bonds is 7. The molecule has 0 bridgehead atoms. The first-order valence-corrected chi connectivity index (χ1v) is 14.6. The van der Waals surface area contributed by atoms with E-state index in [-0.39, 0.29) is 0 Å². The third kappa shape index (κ3) is 6.90. The predicted molar refractivity (Wildman–Crippen MR) is 171 cm³/mol. The van der Waals surface area contributed by atoms with Crippen LogP contribution >= 0.6 is 0 Å². The van der Waals surface area contributed by atoms with E-state index in [1.54, 1.807) is 30.6 Å². The quantitative estimate of drug-likeness (QED) is 0.193. The zero-order valence-corrected chi connectivity index (χ0v) is 24.6. The van der Waals surface area contributed by atoms with Gasteiger partial charge in [0.15, 0.2) is 0 Å². The number of anilines is 3. The highest BCUT2D eigenvalue weighted by atomic mass is 19.1. The molecule has 3 aromatic carbocycles. The van der Waals surface area contributed by atoms with Gasteiger partial charge in [-0.3, -0.25) is 9.80 Å². The summed E-state index contributed by atoms with van der Waals surface area (Å²) in [6.07, 6.45) is 12.8. The molecule has 0 spiro atoms. The molecule has 0 saturated carbocycles. The van der Waals surface area contributed by atoms with Gasteiger partial charge in [-0.25, -0.2) is 24.6 Å². The molecule has 6 rings (SSSR count). The van der Waals surface area contributed by atoms with Gasteiger partial charge in [0.05, 0.1) is 11.4 Å². The van der Waals surface area contributed by atoms with Crippen LogP contribution in [-0.2, 0) is 19.3 Å². The smallest absolute Gasteiger partial charge is 0.261 e. The van der Waals surface area contributed by atoms with E-state index in [0.29, 0.717) is 23.8 Å². The second-order valence-corrected chi connectivity index (χ2v) is 10.1. The van der Waals surface area contributed by atoms with Crippen molar-refractivity contribution in [2.75, 3.05) is 10.6 Å². The maximum absolute atomic E-state index is 14.2. The second-order valence-electron chi connectivity index (χ2n) is 10.1. The number of fused-ring (bicyclic) bond motifs is 1. The van der Waals surface area contributed by atoms with Gasteiger partial charge < -0.3 is 10.6 Å². The van der Waals surface area contributed by atoms with E-state index in [1.807, 2.05) is 50.3 Å². The van der Waals surface area contributed by atoms with Crippen LogP contribution in [0.2, 0.25) is 0 Å². The molecule has 2 heterocycles. The van der Waals surface area contributed by atoms with E-state index in [0.717, 1.165) is 47.5 Å². The van der Waals surface area contributed by atoms with Crippen molar-refractivity contribution in [3.8, 4) is 0 Å². The first-order chi connectivity index (χ1) is 21.4. The number of nitrogens with one attached hydrogen (secondary N) is 2. The normalized spacial score (nSPS) is 14.4. The van der Waals surface area contributed by atoms with Crippen LogP contribution in [0, 0.1) is 11.6 Å². The molecule has 1 aromatic heterocycles. The van der Waals surface area contributed by atoms with E-state index in [2.05, 4.69) is 27.8 Å². The molecule has 2 aliphatic rings. The van der Waals surface area contributed by atoms with E-state index in [1.165, 1.54) is 28.6 Å². The van der Waals surface area contributed by atoms with Crippen LogP contribution in [0.1, 0.15) is 53.0 Å². The Morgan fingerprint density at radius 1 is 0.932 bits per heavy atom. The number of carbonyl (C=O) groups excluding carboxylic acids is 1. The fourth-order valence-corrected chi connectivity index (χ4v) is 5.26. The second kappa shape index (κ2) is 13.9. The molecule has 7 nitrogen and oxygen atoms in total. The lowest BCUT2D eigenvalue weighted by atomic mass is 9.98. The number of aromatic nitrogens is 2. The highest BCUT2D eigenvalue weighted by Crippen LogP contribution is 2.29. The number of hydrazine groups is 1. The lowest BCUT2D eigenvalue weighted by Gasteiger charge is -2.22. The molecular weight excluding hydrogens is 558 g/mol. The Hall–Kier alpha value is -5.15. The highest BCUT2D eigenvalue weighted by molar-refractivity contribution is 6.04. The standard InChI is InChI=1S/C33H28F2N6O.C2H6/c34-27-10-5-11-28(35)31(27)32(42)38-24-9-3-6-21(18-24)19-26(30-12-1-2-17-41(30)36)29-15-16-37-33(40-29)39-25-14-13-22-7-4-8-23(22)20-25;1-2/h1-3,5-6,9-18,20H,4,7-8,19,36H2,(H,38,42)(H,37,39,40);1-2H3/b30-26+;. The van der Waals surface area contributed by atoms with Gasteiger partial charge in [0.25, 0.3) is 5.91 Å².